The largest absolute Gasteiger partial charge is 0.496 e. The maximum Gasteiger partial charge on any atom is 0.142 e. The topological polar surface area (TPSA) is 44.5 Å². The van der Waals surface area contributed by atoms with Crippen LogP contribution in [-0.2, 0) is 0 Å². The Kier molecular flexibility index (Phi) is 4.47. The molecule has 0 aliphatic heterocycles. The third-order valence-corrected chi connectivity index (χ3v) is 3.11. The van der Waals surface area contributed by atoms with Crippen molar-refractivity contribution in [2.24, 2.45) is 5.73 Å². The summed E-state index contributed by atoms with van der Waals surface area (Å²) in [5.74, 6) is 1.15. The molecule has 1 unspecified atom stereocenters. The minimum atomic E-state index is -0.489. The van der Waals surface area contributed by atoms with Crippen LogP contribution < -0.4 is 15.2 Å². The van der Waals surface area contributed by atoms with E-state index in [9.17, 15) is 4.39 Å². The number of hydrogen-bond donors (Lipinski definition) is 1. The average Bonchev–Trinajstić information content (AvgIpc) is 2.42. The Bertz CT molecular complexity index is 617. The van der Waals surface area contributed by atoms with Crippen molar-refractivity contribution >= 4 is 11.6 Å². The smallest absolute Gasteiger partial charge is 0.142 e. The number of benzene rings is 2. The fourth-order valence-corrected chi connectivity index (χ4v) is 2.08. The lowest BCUT2D eigenvalue weighted by Gasteiger charge is -2.17. The van der Waals surface area contributed by atoms with Crippen LogP contribution >= 0.6 is 11.6 Å². The molecule has 0 radical (unpaired) electrons. The third-order valence-electron chi connectivity index (χ3n) is 2.82. The van der Waals surface area contributed by atoms with E-state index in [1.807, 2.05) is 13.0 Å². The van der Waals surface area contributed by atoms with E-state index in [1.165, 1.54) is 18.2 Å². The van der Waals surface area contributed by atoms with Crippen LogP contribution in [0.25, 0.3) is 0 Å². The Hall–Kier alpha value is -1.78. The van der Waals surface area contributed by atoms with Crippen LogP contribution in [0.1, 0.15) is 18.5 Å². The minimum absolute atomic E-state index is 0.00717. The van der Waals surface area contributed by atoms with Crippen LogP contribution in [0, 0.1) is 5.82 Å². The highest BCUT2D eigenvalue weighted by atomic mass is 35.5. The van der Waals surface area contributed by atoms with Gasteiger partial charge in [-0.15, -0.1) is 0 Å². The molecule has 0 amide bonds. The standard InChI is InChI=1S/C15H15ClFNO2/c1-9(18)15-13(19-2)4-3-5-14(15)20-10-6-7-12(17)11(16)8-10/h3-9H,18H2,1-2H3. The lowest BCUT2D eigenvalue weighted by atomic mass is 10.1. The first-order valence-corrected chi connectivity index (χ1v) is 6.46. The first kappa shape index (κ1) is 14.6. The summed E-state index contributed by atoms with van der Waals surface area (Å²) in [6.07, 6.45) is 0. The van der Waals surface area contributed by atoms with Crippen LogP contribution in [-0.4, -0.2) is 7.11 Å². The summed E-state index contributed by atoms with van der Waals surface area (Å²) in [7, 11) is 1.57. The Labute approximate surface area is 122 Å². The molecule has 0 aromatic heterocycles. The molecule has 0 fully saturated rings. The number of rotatable bonds is 4. The van der Waals surface area contributed by atoms with Gasteiger partial charge in [0.1, 0.15) is 23.1 Å². The fraction of sp³-hybridized carbons (Fsp3) is 0.200. The maximum atomic E-state index is 13.1. The lowest BCUT2D eigenvalue weighted by molar-refractivity contribution is 0.397. The Morgan fingerprint density at radius 1 is 1.20 bits per heavy atom. The van der Waals surface area contributed by atoms with E-state index in [2.05, 4.69) is 0 Å². The lowest BCUT2D eigenvalue weighted by Crippen LogP contribution is -2.08. The molecule has 2 N–H and O–H groups in total. The van der Waals surface area contributed by atoms with Gasteiger partial charge in [0.2, 0.25) is 0 Å². The second kappa shape index (κ2) is 6.11. The van der Waals surface area contributed by atoms with Gasteiger partial charge >= 0.3 is 0 Å². The van der Waals surface area contributed by atoms with Gasteiger partial charge in [-0.3, -0.25) is 0 Å². The molecule has 1 atom stereocenters. The zero-order valence-corrected chi connectivity index (χ0v) is 11.9. The predicted octanol–water partition coefficient (Wildman–Crippen LogP) is 4.30. The van der Waals surface area contributed by atoms with Crippen molar-refractivity contribution in [3.05, 3.63) is 52.8 Å². The van der Waals surface area contributed by atoms with E-state index in [0.29, 0.717) is 17.2 Å². The second-order valence-electron chi connectivity index (χ2n) is 4.34. The summed E-state index contributed by atoms with van der Waals surface area (Å²) in [4.78, 5) is 0. The first-order chi connectivity index (χ1) is 9.52. The minimum Gasteiger partial charge on any atom is -0.496 e. The van der Waals surface area contributed by atoms with Crippen LogP contribution in [0.15, 0.2) is 36.4 Å². The molecule has 0 saturated heterocycles. The van der Waals surface area contributed by atoms with Gasteiger partial charge < -0.3 is 15.2 Å². The molecular formula is C15H15ClFNO2. The molecule has 0 aliphatic carbocycles. The zero-order valence-electron chi connectivity index (χ0n) is 11.2. The number of methoxy groups -OCH3 is 1. The molecule has 3 nitrogen and oxygen atoms in total. The molecule has 0 heterocycles. The molecule has 0 bridgehead atoms. The van der Waals surface area contributed by atoms with Crippen molar-refractivity contribution in [2.45, 2.75) is 13.0 Å². The molecule has 20 heavy (non-hydrogen) atoms. The van der Waals surface area contributed by atoms with E-state index in [-0.39, 0.29) is 11.1 Å². The van der Waals surface area contributed by atoms with Crippen LogP contribution in [0.2, 0.25) is 5.02 Å². The predicted molar refractivity (Wildman–Crippen MR) is 77.1 cm³/mol. The Morgan fingerprint density at radius 2 is 1.90 bits per heavy atom. The van der Waals surface area contributed by atoms with Gasteiger partial charge in [0.05, 0.1) is 17.7 Å². The highest BCUT2D eigenvalue weighted by molar-refractivity contribution is 6.30. The highest BCUT2D eigenvalue weighted by Gasteiger charge is 2.15. The van der Waals surface area contributed by atoms with Crippen molar-refractivity contribution < 1.29 is 13.9 Å². The number of nitrogens with two attached hydrogens (primary N) is 1. The quantitative estimate of drug-likeness (QED) is 0.914. The summed E-state index contributed by atoms with van der Waals surface area (Å²) in [6, 6.07) is 9.29. The van der Waals surface area contributed by atoms with Gasteiger partial charge in [-0.25, -0.2) is 4.39 Å². The van der Waals surface area contributed by atoms with Gasteiger partial charge in [-0.05, 0) is 31.2 Å². The van der Waals surface area contributed by atoms with E-state index < -0.39 is 5.82 Å². The Balaban J connectivity index is 2.40. The number of ether oxygens (including phenoxy) is 2. The summed E-state index contributed by atoms with van der Waals surface area (Å²) < 4.78 is 24.2. The van der Waals surface area contributed by atoms with Crippen molar-refractivity contribution in [3.63, 3.8) is 0 Å². The Morgan fingerprint density at radius 3 is 2.50 bits per heavy atom. The zero-order chi connectivity index (χ0) is 14.7. The fourth-order valence-electron chi connectivity index (χ4n) is 1.91. The molecule has 0 spiro atoms. The summed E-state index contributed by atoms with van der Waals surface area (Å²) in [5.41, 5.74) is 6.70. The number of halogens is 2. The van der Waals surface area contributed by atoms with Crippen molar-refractivity contribution in [1.29, 1.82) is 0 Å². The van der Waals surface area contributed by atoms with Crippen LogP contribution in [0.5, 0.6) is 17.2 Å². The van der Waals surface area contributed by atoms with Crippen LogP contribution in [0.4, 0.5) is 4.39 Å². The van der Waals surface area contributed by atoms with Gasteiger partial charge in [-0.2, -0.15) is 0 Å². The summed E-state index contributed by atoms with van der Waals surface area (Å²) in [5, 5.41) is 0.00717. The van der Waals surface area contributed by atoms with E-state index in [4.69, 9.17) is 26.8 Å². The van der Waals surface area contributed by atoms with Gasteiger partial charge in [-0.1, -0.05) is 17.7 Å². The monoisotopic (exact) mass is 295 g/mol. The molecule has 106 valence electrons. The third kappa shape index (κ3) is 3.03. The highest BCUT2D eigenvalue weighted by Crippen LogP contribution is 2.36. The molecule has 2 aromatic rings. The second-order valence-corrected chi connectivity index (χ2v) is 4.75. The number of hydrogen-bond acceptors (Lipinski definition) is 3. The molecule has 0 aliphatic rings. The molecule has 5 heteroatoms. The molecule has 2 aromatic carbocycles. The molecule has 0 saturated carbocycles. The van der Waals surface area contributed by atoms with E-state index in [0.717, 1.165) is 5.56 Å². The van der Waals surface area contributed by atoms with Crippen LogP contribution in [0.3, 0.4) is 0 Å². The van der Waals surface area contributed by atoms with Crippen molar-refractivity contribution in [2.75, 3.05) is 7.11 Å². The van der Waals surface area contributed by atoms with Gasteiger partial charge in [0, 0.05) is 12.1 Å². The molecule has 2 rings (SSSR count). The normalized spacial score (nSPS) is 12.1. The van der Waals surface area contributed by atoms with Gasteiger partial charge in [0.15, 0.2) is 0 Å². The summed E-state index contributed by atoms with van der Waals surface area (Å²) >= 11 is 5.74. The average molecular weight is 296 g/mol. The first-order valence-electron chi connectivity index (χ1n) is 6.08. The van der Waals surface area contributed by atoms with Crippen molar-refractivity contribution in [3.8, 4) is 17.2 Å². The van der Waals surface area contributed by atoms with E-state index in [1.54, 1.807) is 19.2 Å². The van der Waals surface area contributed by atoms with Gasteiger partial charge in [0.25, 0.3) is 0 Å². The SMILES string of the molecule is COc1cccc(Oc2ccc(F)c(Cl)c2)c1C(C)N. The van der Waals surface area contributed by atoms with E-state index >= 15 is 0 Å². The molecular weight excluding hydrogens is 281 g/mol. The summed E-state index contributed by atoms with van der Waals surface area (Å²) in [6.45, 7) is 1.84. The van der Waals surface area contributed by atoms with Crippen molar-refractivity contribution in [1.82, 2.24) is 0 Å². The maximum absolute atomic E-state index is 13.1.